The van der Waals surface area contributed by atoms with Crippen LogP contribution in [0, 0.1) is 5.82 Å². The molecule has 0 fully saturated rings. The van der Waals surface area contributed by atoms with Crippen LogP contribution in [0.4, 0.5) is 4.39 Å². The minimum atomic E-state index is -0.167. The van der Waals surface area contributed by atoms with Crippen LogP contribution >= 0.6 is 0 Å². The van der Waals surface area contributed by atoms with Gasteiger partial charge < -0.3 is 5.32 Å². The fraction of sp³-hybridized carbons (Fsp3) is 0.471. The molecule has 1 heterocycles. The van der Waals surface area contributed by atoms with Crippen LogP contribution in [0.2, 0.25) is 0 Å². The summed E-state index contributed by atoms with van der Waals surface area (Å²) in [6.07, 6.45) is 2.03. The van der Waals surface area contributed by atoms with E-state index in [1.54, 1.807) is 6.07 Å². The molecule has 0 saturated heterocycles. The largest absolute Gasteiger partial charge is 0.306 e. The Bertz CT molecular complexity index is 611. The van der Waals surface area contributed by atoms with Crippen LogP contribution in [0.25, 0.3) is 0 Å². The van der Waals surface area contributed by atoms with Crippen molar-refractivity contribution in [1.82, 2.24) is 15.1 Å². The van der Waals surface area contributed by atoms with Gasteiger partial charge in [0.2, 0.25) is 0 Å². The third-order valence-electron chi connectivity index (χ3n) is 3.59. The van der Waals surface area contributed by atoms with Crippen LogP contribution < -0.4 is 5.32 Å². The number of nitrogens with zero attached hydrogens (tertiary/aromatic N) is 2. The van der Waals surface area contributed by atoms with E-state index >= 15 is 0 Å². The molecule has 1 aromatic heterocycles. The Hall–Kier alpha value is -1.68. The van der Waals surface area contributed by atoms with Crippen molar-refractivity contribution in [2.24, 2.45) is 7.05 Å². The molecule has 1 N–H and O–H groups in total. The second kappa shape index (κ2) is 5.98. The second-order valence-corrected chi connectivity index (χ2v) is 6.55. The fourth-order valence-electron chi connectivity index (χ4n) is 2.50. The first-order chi connectivity index (χ1) is 9.79. The highest BCUT2D eigenvalue weighted by Crippen LogP contribution is 2.25. The predicted molar refractivity (Wildman–Crippen MR) is 83.6 cm³/mol. The zero-order chi connectivity index (χ0) is 15.6. The lowest BCUT2D eigenvalue weighted by Gasteiger charge is -2.19. The third-order valence-corrected chi connectivity index (χ3v) is 3.59. The van der Waals surface area contributed by atoms with E-state index in [-0.39, 0.29) is 17.3 Å². The molecule has 1 aromatic carbocycles. The molecule has 0 unspecified atom stereocenters. The molecule has 0 amide bonds. The van der Waals surface area contributed by atoms with E-state index < -0.39 is 0 Å². The highest BCUT2D eigenvalue weighted by molar-refractivity contribution is 5.25. The lowest BCUT2D eigenvalue weighted by Crippen LogP contribution is -2.22. The summed E-state index contributed by atoms with van der Waals surface area (Å²) >= 11 is 0. The molecule has 0 spiro atoms. The summed E-state index contributed by atoms with van der Waals surface area (Å²) in [5.41, 5.74) is 2.93. The summed E-state index contributed by atoms with van der Waals surface area (Å²) in [4.78, 5) is 0. The minimum absolute atomic E-state index is 0.000488. The van der Waals surface area contributed by atoms with E-state index in [0.29, 0.717) is 12.1 Å². The smallest absolute Gasteiger partial charge is 0.127 e. The SMILES string of the molecule is C[C@@H](NCc1cn(C)nc1C(C)(C)C)c1ccccc1F. The van der Waals surface area contributed by atoms with Gasteiger partial charge in [0.25, 0.3) is 0 Å². The maximum atomic E-state index is 13.8. The zero-order valence-corrected chi connectivity index (χ0v) is 13.4. The summed E-state index contributed by atoms with van der Waals surface area (Å²) in [5.74, 6) is -0.167. The van der Waals surface area contributed by atoms with Crippen LogP contribution in [-0.2, 0) is 19.0 Å². The Labute approximate surface area is 126 Å². The van der Waals surface area contributed by atoms with Gasteiger partial charge in [-0.1, -0.05) is 39.0 Å². The van der Waals surface area contributed by atoms with Gasteiger partial charge in [-0.2, -0.15) is 5.10 Å². The molecule has 0 bridgehead atoms. The van der Waals surface area contributed by atoms with Gasteiger partial charge in [0.05, 0.1) is 5.69 Å². The summed E-state index contributed by atoms with van der Waals surface area (Å²) in [5, 5.41) is 7.94. The average molecular weight is 289 g/mol. The molecular weight excluding hydrogens is 265 g/mol. The highest BCUT2D eigenvalue weighted by Gasteiger charge is 2.22. The Kier molecular flexibility index (Phi) is 4.47. The highest BCUT2D eigenvalue weighted by atomic mass is 19.1. The lowest BCUT2D eigenvalue weighted by molar-refractivity contribution is 0.514. The van der Waals surface area contributed by atoms with Crippen LogP contribution in [0.1, 0.15) is 50.6 Å². The number of aryl methyl sites for hydroxylation is 1. The Balaban J connectivity index is 2.12. The van der Waals surface area contributed by atoms with Crippen molar-refractivity contribution in [2.45, 2.75) is 45.7 Å². The fourth-order valence-corrected chi connectivity index (χ4v) is 2.50. The van der Waals surface area contributed by atoms with Gasteiger partial charge in [0, 0.05) is 42.4 Å². The maximum absolute atomic E-state index is 13.8. The van der Waals surface area contributed by atoms with Gasteiger partial charge in [-0.25, -0.2) is 4.39 Å². The van der Waals surface area contributed by atoms with Gasteiger partial charge in [-0.05, 0) is 13.0 Å². The number of hydrogen-bond donors (Lipinski definition) is 1. The third kappa shape index (κ3) is 3.70. The molecule has 2 aromatic rings. The Morgan fingerprint density at radius 2 is 1.95 bits per heavy atom. The summed E-state index contributed by atoms with van der Waals surface area (Å²) < 4.78 is 15.6. The first kappa shape index (κ1) is 15.7. The van der Waals surface area contributed by atoms with Crippen LogP contribution in [-0.4, -0.2) is 9.78 Å². The van der Waals surface area contributed by atoms with E-state index in [1.807, 2.05) is 37.0 Å². The number of nitrogens with one attached hydrogen (secondary N) is 1. The van der Waals surface area contributed by atoms with Crippen molar-refractivity contribution in [2.75, 3.05) is 0 Å². The quantitative estimate of drug-likeness (QED) is 0.930. The summed E-state index contributed by atoms with van der Waals surface area (Å²) in [7, 11) is 1.93. The Morgan fingerprint density at radius 3 is 2.57 bits per heavy atom. The van der Waals surface area contributed by atoms with E-state index in [4.69, 9.17) is 0 Å². The molecule has 4 heteroatoms. The Morgan fingerprint density at radius 1 is 1.29 bits per heavy atom. The van der Waals surface area contributed by atoms with E-state index in [9.17, 15) is 4.39 Å². The first-order valence-electron chi connectivity index (χ1n) is 7.30. The lowest BCUT2D eigenvalue weighted by atomic mass is 9.89. The maximum Gasteiger partial charge on any atom is 0.127 e. The number of aromatic nitrogens is 2. The average Bonchev–Trinajstić information content (AvgIpc) is 2.78. The molecule has 2 rings (SSSR count). The van der Waals surface area contributed by atoms with E-state index in [2.05, 4.69) is 31.2 Å². The second-order valence-electron chi connectivity index (χ2n) is 6.55. The standard InChI is InChI=1S/C17H24FN3/c1-12(14-8-6-7-9-15(14)18)19-10-13-11-21(5)20-16(13)17(2,3)4/h6-9,11-12,19H,10H2,1-5H3/t12-/m1/s1. The van der Waals surface area contributed by atoms with E-state index in [1.165, 1.54) is 6.07 Å². The first-order valence-corrected chi connectivity index (χ1v) is 7.30. The van der Waals surface area contributed by atoms with Crippen molar-refractivity contribution in [3.63, 3.8) is 0 Å². The molecule has 0 aliphatic rings. The van der Waals surface area contributed by atoms with Crippen molar-refractivity contribution < 1.29 is 4.39 Å². The van der Waals surface area contributed by atoms with Crippen molar-refractivity contribution in [3.05, 3.63) is 53.1 Å². The van der Waals surface area contributed by atoms with Crippen LogP contribution in [0.3, 0.4) is 0 Å². The zero-order valence-electron chi connectivity index (χ0n) is 13.4. The van der Waals surface area contributed by atoms with Crippen LogP contribution in [0.5, 0.6) is 0 Å². The van der Waals surface area contributed by atoms with Gasteiger partial charge >= 0.3 is 0 Å². The number of halogens is 1. The summed E-state index contributed by atoms with van der Waals surface area (Å²) in [6.45, 7) is 9.11. The van der Waals surface area contributed by atoms with Crippen molar-refractivity contribution in [3.8, 4) is 0 Å². The number of benzene rings is 1. The number of hydrogen-bond acceptors (Lipinski definition) is 2. The molecular formula is C17H24FN3. The molecule has 0 aliphatic carbocycles. The van der Waals surface area contributed by atoms with E-state index in [0.717, 1.165) is 11.3 Å². The molecule has 21 heavy (non-hydrogen) atoms. The minimum Gasteiger partial charge on any atom is -0.306 e. The van der Waals surface area contributed by atoms with Gasteiger partial charge in [-0.3, -0.25) is 4.68 Å². The van der Waals surface area contributed by atoms with Crippen molar-refractivity contribution >= 4 is 0 Å². The van der Waals surface area contributed by atoms with Gasteiger partial charge in [-0.15, -0.1) is 0 Å². The molecule has 0 radical (unpaired) electrons. The molecule has 1 atom stereocenters. The topological polar surface area (TPSA) is 29.9 Å². The van der Waals surface area contributed by atoms with Crippen molar-refractivity contribution in [1.29, 1.82) is 0 Å². The van der Waals surface area contributed by atoms with Crippen LogP contribution in [0.15, 0.2) is 30.5 Å². The molecule has 3 nitrogen and oxygen atoms in total. The summed E-state index contributed by atoms with van der Waals surface area (Å²) in [6, 6.07) is 6.85. The van der Waals surface area contributed by atoms with Gasteiger partial charge in [0.1, 0.15) is 5.82 Å². The number of rotatable bonds is 4. The molecule has 0 aliphatic heterocycles. The van der Waals surface area contributed by atoms with Gasteiger partial charge in [0.15, 0.2) is 0 Å². The predicted octanol–water partition coefficient (Wildman–Crippen LogP) is 3.71. The molecule has 114 valence electrons. The molecule has 0 saturated carbocycles. The normalized spacial score (nSPS) is 13.4. The monoisotopic (exact) mass is 289 g/mol.